The Morgan fingerprint density at radius 1 is 1.42 bits per heavy atom. The van der Waals surface area contributed by atoms with Gasteiger partial charge in [-0.05, 0) is 31.0 Å². The Balaban J connectivity index is 1.65. The number of ether oxygens (including phenoxy) is 1. The molecule has 1 fully saturated rings. The molecule has 0 amide bonds. The van der Waals surface area contributed by atoms with E-state index < -0.39 is 0 Å². The summed E-state index contributed by atoms with van der Waals surface area (Å²) in [5, 5.41) is 20.2. The van der Waals surface area contributed by atoms with Crippen molar-refractivity contribution < 1.29 is 9.13 Å². The predicted molar refractivity (Wildman–Crippen MR) is 95.0 cm³/mol. The molecule has 0 radical (unpaired) electrons. The molecule has 0 bridgehead atoms. The lowest BCUT2D eigenvalue weighted by atomic mass is 9.97. The molecule has 3 heterocycles. The lowest BCUT2D eigenvalue weighted by molar-refractivity contribution is 0.0933. The van der Waals surface area contributed by atoms with Gasteiger partial charge < -0.3 is 10.1 Å². The summed E-state index contributed by atoms with van der Waals surface area (Å²) in [5.74, 6) is -0.104. The fourth-order valence-corrected chi connectivity index (χ4v) is 3.57. The molecule has 1 saturated heterocycles. The maximum absolute atomic E-state index is 13.9. The minimum absolute atomic E-state index is 0.0432. The van der Waals surface area contributed by atoms with Crippen molar-refractivity contribution in [3.8, 4) is 6.07 Å². The molecule has 0 aliphatic carbocycles. The first-order valence-corrected chi connectivity index (χ1v) is 8.50. The predicted octanol–water partition coefficient (Wildman–Crippen LogP) is 3.47. The van der Waals surface area contributed by atoms with Gasteiger partial charge in [0.15, 0.2) is 0 Å². The topological polar surface area (TPSA) is 86.6 Å². The molecule has 1 aliphatic heterocycles. The summed E-state index contributed by atoms with van der Waals surface area (Å²) in [4.78, 5) is 4.32. The zero-order valence-corrected chi connectivity index (χ0v) is 14.3. The van der Waals surface area contributed by atoms with Crippen molar-refractivity contribution in [2.24, 2.45) is 5.92 Å². The number of halogens is 1. The first-order chi connectivity index (χ1) is 12.7. The zero-order valence-electron chi connectivity index (χ0n) is 14.3. The number of nitrogens with zero attached hydrogens (tertiary/aromatic N) is 3. The molecule has 2 atom stereocenters. The molecule has 4 rings (SSSR count). The number of aromatic nitrogens is 3. The number of aromatic amines is 1. The number of anilines is 1. The number of hydrogen-bond donors (Lipinski definition) is 2. The van der Waals surface area contributed by atoms with Crippen LogP contribution in [0.5, 0.6) is 0 Å². The van der Waals surface area contributed by atoms with Crippen LogP contribution < -0.4 is 5.32 Å². The van der Waals surface area contributed by atoms with Gasteiger partial charge in [0.2, 0.25) is 0 Å². The van der Waals surface area contributed by atoms with E-state index in [1.807, 2.05) is 13.1 Å². The van der Waals surface area contributed by atoms with Gasteiger partial charge in [0, 0.05) is 42.4 Å². The first kappa shape index (κ1) is 16.5. The summed E-state index contributed by atoms with van der Waals surface area (Å²) in [6.07, 6.45) is 6.00. The molecule has 1 aliphatic rings. The van der Waals surface area contributed by atoms with Crippen molar-refractivity contribution in [2.75, 3.05) is 18.5 Å². The molecule has 0 unspecified atom stereocenters. The maximum atomic E-state index is 13.9. The largest absolute Gasteiger partial charge is 0.383 e. The van der Waals surface area contributed by atoms with E-state index in [4.69, 9.17) is 4.74 Å². The third kappa shape index (κ3) is 2.89. The fourth-order valence-electron chi connectivity index (χ4n) is 3.57. The molecule has 0 saturated carbocycles. The lowest BCUT2D eigenvalue weighted by Crippen LogP contribution is -2.18. The second-order valence-electron chi connectivity index (χ2n) is 6.53. The van der Waals surface area contributed by atoms with Gasteiger partial charge in [0.25, 0.3) is 0 Å². The van der Waals surface area contributed by atoms with Crippen molar-refractivity contribution in [3.05, 3.63) is 53.2 Å². The summed E-state index contributed by atoms with van der Waals surface area (Å²) in [5.41, 5.74) is 3.48. The normalized spacial score (nSPS) is 19.6. The third-order valence-corrected chi connectivity index (χ3v) is 4.85. The Kier molecular flexibility index (Phi) is 4.27. The van der Waals surface area contributed by atoms with Crippen LogP contribution in [0, 0.1) is 30.0 Å². The summed E-state index contributed by atoms with van der Waals surface area (Å²) < 4.78 is 19.8. The van der Waals surface area contributed by atoms with Gasteiger partial charge in [-0.3, -0.25) is 10.1 Å². The van der Waals surface area contributed by atoms with Crippen molar-refractivity contribution in [3.63, 3.8) is 0 Å². The third-order valence-electron chi connectivity index (χ3n) is 4.85. The van der Waals surface area contributed by atoms with Crippen LogP contribution in [0.3, 0.4) is 0 Å². The highest BCUT2D eigenvalue weighted by Gasteiger charge is 2.30. The number of hydrogen-bond acceptors (Lipinski definition) is 5. The van der Waals surface area contributed by atoms with Crippen LogP contribution in [0.1, 0.15) is 29.2 Å². The average Bonchev–Trinajstić information content (AvgIpc) is 3.30. The Hall–Kier alpha value is -2.98. The van der Waals surface area contributed by atoms with Crippen molar-refractivity contribution in [1.29, 1.82) is 5.26 Å². The smallest absolute Gasteiger partial charge is 0.124 e. The van der Waals surface area contributed by atoms with Crippen LogP contribution in [0.4, 0.5) is 10.1 Å². The monoisotopic (exact) mass is 351 g/mol. The number of nitrogens with one attached hydrogen (secondary N) is 2. The number of fused-ring (bicyclic) bond motifs is 1. The molecule has 7 heteroatoms. The van der Waals surface area contributed by atoms with Gasteiger partial charge in [-0.1, -0.05) is 0 Å². The SMILES string of the molecule is Cc1cc(F)cc2c(NC[C@H]3CCO[C@@H]3c3cn[nH]c3)c(C#N)cnc12. The van der Waals surface area contributed by atoms with Crippen LogP contribution in [0.2, 0.25) is 0 Å². The van der Waals surface area contributed by atoms with Gasteiger partial charge in [0.05, 0.1) is 29.1 Å². The molecule has 2 aromatic heterocycles. The molecule has 26 heavy (non-hydrogen) atoms. The van der Waals surface area contributed by atoms with E-state index in [-0.39, 0.29) is 17.8 Å². The molecular weight excluding hydrogens is 333 g/mol. The highest BCUT2D eigenvalue weighted by Crippen LogP contribution is 2.35. The second kappa shape index (κ2) is 6.73. The number of H-pyrrole nitrogens is 1. The van der Waals surface area contributed by atoms with Gasteiger partial charge in [-0.25, -0.2) is 4.39 Å². The average molecular weight is 351 g/mol. The van der Waals surface area contributed by atoms with E-state index in [0.29, 0.717) is 35.3 Å². The molecular formula is C19H18FN5O. The standard InChI is InChI=1S/C19H18FN5O/c1-11-4-15(20)5-16-17(11)22-8-13(6-21)18(16)23-7-12-2-3-26-19(12)14-9-24-25-10-14/h4-5,8-10,12,19H,2-3,7H2,1H3,(H,22,23)(H,24,25)/t12-,19+/m1/s1. The van der Waals surface area contributed by atoms with Gasteiger partial charge >= 0.3 is 0 Å². The number of nitriles is 1. The molecule has 3 aromatic rings. The number of pyridine rings is 1. The molecule has 0 spiro atoms. The minimum Gasteiger partial charge on any atom is -0.383 e. The maximum Gasteiger partial charge on any atom is 0.124 e. The van der Waals surface area contributed by atoms with Crippen LogP contribution in [-0.2, 0) is 4.74 Å². The molecule has 6 nitrogen and oxygen atoms in total. The Labute approximate surface area is 150 Å². The van der Waals surface area contributed by atoms with Crippen LogP contribution in [-0.4, -0.2) is 28.3 Å². The van der Waals surface area contributed by atoms with E-state index in [9.17, 15) is 9.65 Å². The Bertz CT molecular complexity index is 980. The minimum atomic E-state index is -0.338. The number of benzene rings is 1. The van der Waals surface area contributed by atoms with E-state index in [1.165, 1.54) is 18.3 Å². The quantitative estimate of drug-likeness (QED) is 0.752. The van der Waals surface area contributed by atoms with Gasteiger partial charge in [-0.15, -0.1) is 0 Å². The van der Waals surface area contributed by atoms with Gasteiger partial charge in [0.1, 0.15) is 11.9 Å². The van der Waals surface area contributed by atoms with E-state index in [2.05, 4.69) is 26.6 Å². The van der Waals surface area contributed by atoms with Gasteiger partial charge in [-0.2, -0.15) is 10.4 Å². The van der Waals surface area contributed by atoms with E-state index in [1.54, 1.807) is 6.20 Å². The Morgan fingerprint density at radius 3 is 3.08 bits per heavy atom. The summed E-state index contributed by atoms with van der Waals surface area (Å²) in [6, 6.07) is 5.02. The summed E-state index contributed by atoms with van der Waals surface area (Å²) >= 11 is 0. The van der Waals surface area contributed by atoms with E-state index in [0.717, 1.165) is 17.5 Å². The number of rotatable bonds is 4. The van der Waals surface area contributed by atoms with Crippen molar-refractivity contribution in [1.82, 2.24) is 15.2 Å². The molecule has 2 N–H and O–H groups in total. The van der Waals surface area contributed by atoms with Crippen LogP contribution in [0.25, 0.3) is 10.9 Å². The Morgan fingerprint density at radius 2 is 2.31 bits per heavy atom. The number of aryl methyl sites for hydroxylation is 1. The highest BCUT2D eigenvalue weighted by molar-refractivity contribution is 5.95. The second-order valence-corrected chi connectivity index (χ2v) is 6.53. The molecule has 1 aromatic carbocycles. The highest BCUT2D eigenvalue weighted by atomic mass is 19.1. The summed E-state index contributed by atoms with van der Waals surface area (Å²) in [7, 11) is 0. The van der Waals surface area contributed by atoms with E-state index >= 15 is 0 Å². The van der Waals surface area contributed by atoms with Crippen molar-refractivity contribution >= 4 is 16.6 Å². The first-order valence-electron chi connectivity index (χ1n) is 8.50. The lowest BCUT2D eigenvalue weighted by Gasteiger charge is -2.20. The molecule has 132 valence electrons. The zero-order chi connectivity index (χ0) is 18.1. The van der Waals surface area contributed by atoms with Crippen LogP contribution in [0.15, 0.2) is 30.7 Å². The fraction of sp³-hybridized carbons (Fsp3) is 0.316. The van der Waals surface area contributed by atoms with Crippen molar-refractivity contribution in [2.45, 2.75) is 19.4 Å². The van der Waals surface area contributed by atoms with Crippen LogP contribution >= 0.6 is 0 Å². The summed E-state index contributed by atoms with van der Waals surface area (Å²) in [6.45, 7) is 3.10.